The molecule has 4 heteroatoms. The number of benzene rings is 2. The maximum Gasteiger partial charge on any atom is 0.339 e. The van der Waals surface area contributed by atoms with Crippen LogP contribution < -0.4 is 4.74 Å². The molecule has 19 heavy (non-hydrogen) atoms. The van der Waals surface area contributed by atoms with Crippen molar-refractivity contribution in [3.63, 3.8) is 0 Å². The minimum absolute atomic E-state index is 0.00711. The highest BCUT2D eigenvalue weighted by Gasteiger charge is 2.15. The summed E-state index contributed by atoms with van der Waals surface area (Å²) >= 11 is 0. The van der Waals surface area contributed by atoms with Gasteiger partial charge in [0.05, 0.1) is 6.61 Å². The van der Waals surface area contributed by atoms with E-state index >= 15 is 0 Å². The molecule has 0 saturated heterocycles. The number of carboxylic acid groups (broad SMARTS) is 1. The van der Waals surface area contributed by atoms with Gasteiger partial charge in [-0.05, 0) is 11.5 Å². The third-order valence-electron chi connectivity index (χ3n) is 2.93. The number of aliphatic hydroxyl groups is 1. The maximum absolute atomic E-state index is 11.3. The zero-order valence-electron chi connectivity index (χ0n) is 10.7. The number of fused-ring (bicyclic) bond motifs is 1. The van der Waals surface area contributed by atoms with Crippen LogP contribution in [0, 0.1) is 5.92 Å². The molecule has 2 aromatic carbocycles. The predicted octanol–water partition coefficient (Wildman–Crippen LogP) is 2.55. The van der Waals surface area contributed by atoms with Crippen molar-refractivity contribution in [3.8, 4) is 5.75 Å². The molecule has 0 aliphatic heterocycles. The van der Waals surface area contributed by atoms with E-state index in [2.05, 4.69) is 0 Å². The van der Waals surface area contributed by atoms with Gasteiger partial charge >= 0.3 is 5.97 Å². The van der Waals surface area contributed by atoms with E-state index in [-0.39, 0.29) is 24.7 Å². The lowest BCUT2D eigenvalue weighted by molar-refractivity contribution is 0.0691. The monoisotopic (exact) mass is 260 g/mol. The Labute approximate surface area is 111 Å². The van der Waals surface area contributed by atoms with E-state index in [9.17, 15) is 9.90 Å². The summed E-state index contributed by atoms with van der Waals surface area (Å²) in [4.78, 5) is 11.3. The van der Waals surface area contributed by atoms with Crippen molar-refractivity contribution in [1.29, 1.82) is 0 Å². The number of aliphatic hydroxyl groups excluding tert-OH is 1. The molecular formula is C15H16O4. The van der Waals surface area contributed by atoms with Crippen LogP contribution in [0.15, 0.2) is 36.4 Å². The molecule has 4 nitrogen and oxygen atoms in total. The van der Waals surface area contributed by atoms with Gasteiger partial charge in [-0.1, -0.05) is 37.3 Å². The third-order valence-corrected chi connectivity index (χ3v) is 2.93. The first-order valence-corrected chi connectivity index (χ1v) is 6.12. The molecule has 0 aliphatic carbocycles. The van der Waals surface area contributed by atoms with Crippen molar-refractivity contribution < 1.29 is 19.7 Å². The lowest BCUT2D eigenvalue weighted by Gasteiger charge is -2.14. The van der Waals surface area contributed by atoms with Crippen LogP contribution in [0.2, 0.25) is 0 Å². The van der Waals surface area contributed by atoms with E-state index in [1.807, 2.05) is 31.2 Å². The molecule has 100 valence electrons. The normalized spacial score (nSPS) is 12.3. The molecule has 0 fully saturated rings. The third kappa shape index (κ3) is 2.85. The van der Waals surface area contributed by atoms with Crippen molar-refractivity contribution in [3.05, 3.63) is 42.0 Å². The molecule has 0 bridgehead atoms. The minimum Gasteiger partial charge on any atom is -0.492 e. The molecule has 2 aromatic rings. The van der Waals surface area contributed by atoms with Crippen LogP contribution in [0.1, 0.15) is 17.3 Å². The minimum atomic E-state index is -1.02. The fraction of sp³-hybridized carbons (Fsp3) is 0.267. The first kappa shape index (κ1) is 13.4. The summed E-state index contributed by atoms with van der Waals surface area (Å²) in [6.07, 6.45) is 0. The van der Waals surface area contributed by atoms with Crippen LogP contribution in [-0.2, 0) is 0 Å². The summed E-state index contributed by atoms with van der Waals surface area (Å²) in [6, 6.07) is 10.8. The number of hydrogen-bond acceptors (Lipinski definition) is 3. The molecule has 2 rings (SSSR count). The molecule has 1 atom stereocenters. The summed E-state index contributed by atoms with van der Waals surface area (Å²) in [7, 11) is 0. The molecule has 0 aliphatic rings. The van der Waals surface area contributed by atoms with E-state index in [1.54, 1.807) is 12.1 Å². The summed E-state index contributed by atoms with van der Waals surface area (Å²) in [5.74, 6) is -0.691. The standard InChI is InChI=1S/C15H16O4/c1-10(8-16)9-19-14-12-5-3-2-4-11(12)6-7-13(14)15(17)18/h2-7,10,16H,8-9H2,1H3,(H,17,18). The topological polar surface area (TPSA) is 66.8 Å². The van der Waals surface area contributed by atoms with Crippen molar-refractivity contribution in [2.75, 3.05) is 13.2 Å². The van der Waals surface area contributed by atoms with Crippen LogP contribution in [0.3, 0.4) is 0 Å². The van der Waals surface area contributed by atoms with E-state index in [4.69, 9.17) is 9.84 Å². The lowest BCUT2D eigenvalue weighted by atomic mass is 10.1. The van der Waals surface area contributed by atoms with Crippen LogP contribution in [0.5, 0.6) is 5.75 Å². The van der Waals surface area contributed by atoms with Gasteiger partial charge in [0.25, 0.3) is 0 Å². The van der Waals surface area contributed by atoms with E-state index in [0.29, 0.717) is 5.75 Å². The van der Waals surface area contributed by atoms with Crippen molar-refractivity contribution in [2.24, 2.45) is 5.92 Å². The average Bonchev–Trinajstić information content (AvgIpc) is 2.43. The van der Waals surface area contributed by atoms with E-state index < -0.39 is 5.97 Å². The van der Waals surface area contributed by atoms with Gasteiger partial charge in [0.15, 0.2) is 0 Å². The Morgan fingerprint density at radius 3 is 2.68 bits per heavy atom. The Hall–Kier alpha value is -2.07. The van der Waals surface area contributed by atoms with Gasteiger partial charge in [0.1, 0.15) is 11.3 Å². The number of carbonyl (C=O) groups is 1. The number of rotatable bonds is 5. The number of aromatic carboxylic acids is 1. The highest BCUT2D eigenvalue weighted by molar-refractivity contribution is 6.00. The molecule has 0 amide bonds. The second kappa shape index (κ2) is 5.71. The number of hydrogen-bond donors (Lipinski definition) is 2. The fourth-order valence-electron chi connectivity index (χ4n) is 1.85. The van der Waals surface area contributed by atoms with Gasteiger partial charge < -0.3 is 14.9 Å². The largest absolute Gasteiger partial charge is 0.492 e. The predicted molar refractivity (Wildman–Crippen MR) is 72.7 cm³/mol. The summed E-state index contributed by atoms with van der Waals surface area (Å²) in [5, 5.41) is 19.9. The quantitative estimate of drug-likeness (QED) is 0.867. The first-order chi connectivity index (χ1) is 9.13. The van der Waals surface area contributed by atoms with E-state index in [1.165, 1.54) is 0 Å². The van der Waals surface area contributed by atoms with E-state index in [0.717, 1.165) is 10.8 Å². The summed E-state index contributed by atoms with van der Waals surface area (Å²) in [6.45, 7) is 2.13. The molecule has 0 radical (unpaired) electrons. The van der Waals surface area contributed by atoms with Crippen LogP contribution in [-0.4, -0.2) is 29.4 Å². The molecule has 0 aromatic heterocycles. The molecular weight excluding hydrogens is 244 g/mol. The van der Waals surface area contributed by atoms with Gasteiger partial charge in [-0.3, -0.25) is 0 Å². The number of ether oxygens (including phenoxy) is 1. The highest BCUT2D eigenvalue weighted by Crippen LogP contribution is 2.30. The zero-order valence-corrected chi connectivity index (χ0v) is 10.7. The zero-order chi connectivity index (χ0) is 13.8. The lowest BCUT2D eigenvalue weighted by Crippen LogP contribution is -2.14. The molecule has 0 spiro atoms. The van der Waals surface area contributed by atoms with Crippen molar-refractivity contribution >= 4 is 16.7 Å². The van der Waals surface area contributed by atoms with Gasteiger partial charge in [0.2, 0.25) is 0 Å². The van der Waals surface area contributed by atoms with Gasteiger partial charge in [-0.15, -0.1) is 0 Å². The molecule has 2 N–H and O–H groups in total. The Morgan fingerprint density at radius 1 is 1.26 bits per heavy atom. The summed E-state index contributed by atoms with van der Waals surface area (Å²) < 4.78 is 5.62. The second-order valence-electron chi connectivity index (χ2n) is 4.57. The number of carboxylic acids is 1. The Kier molecular flexibility index (Phi) is 4.02. The van der Waals surface area contributed by atoms with Crippen molar-refractivity contribution in [2.45, 2.75) is 6.92 Å². The first-order valence-electron chi connectivity index (χ1n) is 6.12. The molecule has 1 unspecified atom stereocenters. The molecule has 0 saturated carbocycles. The van der Waals surface area contributed by atoms with Gasteiger partial charge in [-0.25, -0.2) is 4.79 Å². The molecule has 0 heterocycles. The van der Waals surface area contributed by atoms with Gasteiger partial charge in [-0.2, -0.15) is 0 Å². The Morgan fingerprint density at radius 2 is 2.00 bits per heavy atom. The van der Waals surface area contributed by atoms with Crippen LogP contribution >= 0.6 is 0 Å². The van der Waals surface area contributed by atoms with Crippen LogP contribution in [0.25, 0.3) is 10.8 Å². The highest BCUT2D eigenvalue weighted by atomic mass is 16.5. The van der Waals surface area contributed by atoms with Crippen LogP contribution in [0.4, 0.5) is 0 Å². The summed E-state index contributed by atoms with van der Waals surface area (Å²) in [5.41, 5.74) is 0.142. The smallest absolute Gasteiger partial charge is 0.339 e. The van der Waals surface area contributed by atoms with Crippen molar-refractivity contribution in [1.82, 2.24) is 0 Å². The SMILES string of the molecule is CC(CO)COc1c(C(=O)O)ccc2ccccc12. The van der Waals surface area contributed by atoms with Gasteiger partial charge in [0, 0.05) is 17.9 Å². The maximum atomic E-state index is 11.3. The second-order valence-corrected chi connectivity index (χ2v) is 4.57. The Bertz CT molecular complexity index is 592. The fourth-order valence-corrected chi connectivity index (χ4v) is 1.85. The average molecular weight is 260 g/mol. The Balaban J connectivity index is 2.46.